The summed E-state index contributed by atoms with van der Waals surface area (Å²) in [7, 11) is 0. The summed E-state index contributed by atoms with van der Waals surface area (Å²) in [6, 6.07) is 3.00. The molecule has 0 saturated heterocycles. The number of carbonyl (C=O) groups is 1. The van der Waals surface area contributed by atoms with Gasteiger partial charge in [0.15, 0.2) is 5.69 Å². The number of imidazole rings is 1. The predicted molar refractivity (Wildman–Crippen MR) is 61.0 cm³/mol. The number of hydrogen-bond acceptors (Lipinski definition) is 4. The number of aromatic carboxylic acids is 1. The van der Waals surface area contributed by atoms with E-state index >= 15 is 0 Å². The molecule has 2 heterocycles. The number of carboxylic acids is 1. The number of carboxylic acid groups (broad SMARTS) is 1. The van der Waals surface area contributed by atoms with Gasteiger partial charge in [0.25, 0.3) is 0 Å². The van der Waals surface area contributed by atoms with Gasteiger partial charge in [0.2, 0.25) is 0 Å². The van der Waals surface area contributed by atoms with Gasteiger partial charge in [-0.1, -0.05) is 0 Å². The Labute approximate surface area is 95.7 Å². The number of pyridine rings is 1. The van der Waals surface area contributed by atoms with Crippen molar-refractivity contribution in [3.8, 4) is 5.75 Å². The molecule has 2 aromatic rings. The second kappa shape index (κ2) is 4.05. The summed E-state index contributed by atoms with van der Waals surface area (Å²) in [5, 5.41) is 18.4. The molecule has 16 heavy (non-hydrogen) atoms. The van der Waals surface area contributed by atoms with Gasteiger partial charge in [-0.15, -0.1) is 0 Å². The third-order valence-corrected chi connectivity index (χ3v) is 2.72. The van der Waals surface area contributed by atoms with Crippen LogP contribution in [0.1, 0.15) is 16.3 Å². The van der Waals surface area contributed by atoms with Gasteiger partial charge in [-0.2, -0.15) is 11.8 Å². The Morgan fingerprint density at radius 2 is 2.31 bits per heavy atom. The third-order valence-electron chi connectivity index (χ3n) is 2.17. The fraction of sp³-hybridized carbons (Fsp3) is 0.200. The van der Waals surface area contributed by atoms with Crippen molar-refractivity contribution in [1.29, 1.82) is 0 Å². The molecule has 2 N–H and O–H groups in total. The molecule has 0 aromatic carbocycles. The third kappa shape index (κ3) is 1.71. The van der Waals surface area contributed by atoms with E-state index in [0.717, 1.165) is 0 Å². The van der Waals surface area contributed by atoms with Gasteiger partial charge in [0, 0.05) is 0 Å². The molecule has 2 aromatic heterocycles. The Balaban J connectivity index is 2.71. The van der Waals surface area contributed by atoms with Crippen LogP contribution >= 0.6 is 11.8 Å². The van der Waals surface area contributed by atoms with Crippen molar-refractivity contribution in [2.45, 2.75) is 5.75 Å². The summed E-state index contributed by atoms with van der Waals surface area (Å²) >= 11 is 1.54. The van der Waals surface area contributed by atoms with Crippen molar-refractivity contribution < 1.29 is 15.0 Å². The van der Waals surface area contributed by atoms with E-state index in [2.05, 4.69) is 4.98 Å². The number of nitrogens with zero attached hydrogens (tertiary/aromatic N) is 2. The quantitative estimate of drug-likeness (QED) is 0.849. The number of aromatic hydroxyl groups is 1. The van der Waals surface area contributed by atoms with Crippen LogP contribution < -0.4 is 0 Å². The van der Waals surface area contributed by atoms with E-state index in [1.807, 2.05) is 6.26 Å². The van der Waals surface area contributed by atoms with E-state index in [1.54, 1.807) is 22.2 Å². The van der Waals surface area contributed by atoms with Crippen molar-refractivity contribution in [3.63, 3.8) is 0 Å². The highest BCUT2D eigenvalue weighted by Gasteiger charge is 2.16. The molecule has 0 atom stereocenters. The lowest BCUT2D eigenvalue weighted by Crippen LogP contribution is -1.97. The molecule has 0 amide bonds. The zero-order valence-electron chi connectivity index (χ0n) is 8.54. The molecule has 2 rings (SSSR count). The number of aromatic nitrogens is 2. The first-order chi connectivity index (χ1) is 7.63. The molecule has 0 aliphatic rings. The standard InChI is InChI=1S/C10H10N2O3S/c1-16-5-8-11-9(10(14)15)7-3-2-6(13)4-12(7)8/h2-4,13H,5H2,1H3,(H,14,15). The van der Waals surface area contributed by atoms with Crippen LogP contribution in [0, 0.1) is 0 Å². The van der Waals surface area contributed by atoms with Gasteiger partial charge < -0.3 is 10.2 Å². The van der Waals surface area contributed by atoms with Crippen molar-refractivity contribution in [2.24, 2.45) is 0 Å². The highest BCUT2D eigenvalue weighted by molar-refractivity contribution is 7.97. The zero-order chi connectivity index (χ0) is 11.7. The molecule has 6 heteroatoms. The molecule has 0 bridgehead atoms. The van der Waals surface area contributed by atoms with E-state index in [1.165, 1.54) is 12.3 Å². The van der Waals surface area contributed by atoms with E-state index in [9.17, 15) is 9.90 Å². The van der Waals surface area contributed by atoms with Crippen molar-refractivity contribution >= 4 is 23.2 Å². The predicted octanol–water partition coefficient (Wildman–Crippen LogP) is 1.60. The zero-order valence-corrected chi connectivity index (χ0v) is 9.36. The molecule has 84 valence electrons. The van der Waals surface area contributed by atoms with Gasteiger partial charge in [0.05, 0.1) is 17.5 Å². The monoisotopic (exact) mass is 238 g/mol. The van der Waals surface area contributed by atoms with E-state index in [-0.39, 0.29) is 11.4 Å². The summed E-state index contributed by atoms with van der Waals surface area (Å²) in [6.07, 6.45) is 3.38. The normalized spacial score (nSPS) is 10.8. The molecule has 0 fully saturated rings. The maximum atomic E-state index is 11.0. The second-order valence-corrected chi connectivity index (χ2v) is 4.12. The van der Waals surface area contributed by atoms with Gasteiger partial charge in [0.1, 0.15) is 11.6 Å². The maximum Gasteiger partial charge on any atom is 0.356 e. The maximum absolute atomic E-state index is 11.0. The Morgan fingerprint density at radius 1 is 1.56 bits per heavy atom. The van der Waals surface area contributed by atoms with Crippen LogP contribution in [-0.4, -0.2) is 31.8 Å². The Morgan fingerprint density at radius 3 is 2.94 bits per heavy atom. The average molecular weight is 238 g/mol. The summed E-state index contributed by atoms with van der Waals surface area (Å²) in [5.41, 5.74) is 0.512. The van der Waals surface area contributed by atoms with Gasteiger partial charge in [-0.3, -0.25) is 4.40 Å². The fourth-order valence-corrected chi connectivity index (χ4v) is 1.99. The van der Waals surface area contributed by atoms with Gasteiger partial charge >= 0.3 is 5.97 Å². The number of hydrogen-bond donors (Lipinski definition) is 2. The SMILES string of the molecule is CSCc1nc(C(=O)O)c2ccc(O)cn12. The molecule has 0 unspecified atom stereocenters. The van der Waals surface area contributed by atoms with Crippen LogP contribution in [-0.2, 0) is 5.75 Å². The number of fused-ring (bicyclic) bond motifs is 1. The lowest BCUT2D eigenvalue weighted by molar-refractivity contribution is 0.0693. The molecule has 0 saturated carbocycles. The molecular formula is C10H10N2O3S. The second-order valence-electron chi connectivity index (χ2n) is 3.26. The summed E-state index contributed by atoms with van der Waals surface area (Å²) in [6.45, 7) is 0. The molecule has 0 aliphatic carbocycles. The first kappa shape index (κ1) is 10.8. The Hall–Kier alpha value is -1.69. The van der Waals surface area contributed by atoms with Crippen LogP contribution in [0.4, 0.5) is 0 Å². The smallest absolute Gasteiger partial charge is 0.356 e. The first-order valence-electron chi connectivity index (χ1n) is 4.55. The highest BCUT2D eigenvalue weighted by atomic mass is 32.2. The largest absolute Gasteiger partial charge is 0.506 e. The number of thioether (sulfide) groups is 1. The minimum Gasteiger partial charge on any atom is -0.506 e. The molecule has 0 spiro atoms. The molecule has 0 aliphatic heterocycles. The molecule has 0 radical (unpaired) electrons. The van der Waals surface area contributed by atoms with Crippen LogP contribution in [0.3, 0.4) is 0 Å². The lowest BCUT2D eigenvalue weighted by atomic mass is 10.3. The molecule has 5 nitrogen and oxygen atoms in total. The minimum atomic E-state index is -1.06. The van der Waals surface area contributed by atoms with Crippen molar-refractivity contribution in [1.82, 2.24) is 9.38 Å². The van der Waals surface area contributed by atoms with Crippen molar-refractivity contribution in [2.75, 3.05) is 6.26 Å². The summed E-state index contributed by atoms with van der Waals surface area (Å²) < 4.78 is 1.61. The van der Waals surface area contributed by atoms with Crippen LogP contribution in [0.2, 0.25) is 0 Å². The Bertz CT molecular complexity index is 550. The first-order valence-corrected chi connectivity index (χ1v) is 5.95. The van der Waals surface area contributed by atoms with Crippen LogP contribution in [0.25, 0.3) is 5.52 Å². The van der Waals surface area contributed by atoms with Crippen molar-refractivity contribution in [3.05, 3.63) is 29.8 Å². The summed E-state index contributed by atoms with van der Waals surface area (Å²) in [5.74, 6) is 0.244. The fourth-order valence-electron chi connectivity index (χ4n) is 1.52. The molecular weight excluding hydrogens is 228 g/mol. The van der Waals surface area contributed by atoms with Gasteiger partial charge in [-0.25, -0.2) is 9.78 Å². The summed E-state index contributed by atoms with van der Waals surface area (Å²) in [4.78, 5) is 15.0. The Kier molecular flexibility index (Phi) is 2.74. The topological polar surface area (TPSA) is 74.8 Å². The van der Waals surface area contributed by atoms with E-state index < -0.39 is 5.97 Å². The average Bonchev–Trinajstić information content (AvgIpc) is 2.58. The minimum absolute atomic E-state index is 0.0176. The number of rotatable bonds is 3. The highest BCUT2D eigenvalue weighted by Crippen LogP contribution is 2.20. The van der Waals surface area contributed by atoms with Crippen LogP contribution in [0.5, 0.6) is 5.75 Å². The van der Waals surface area contributed by atoms with E-state index in [0.29, 0.717) is 17.1 Å². The lowest BCUT2D eigenvalue weighted by Gasteiger charge is -1.99. The van der Waals surface area contributed by atoms with Crippen LogP contribution in [0.15, 0.2) is 18.3 Å². The van der Waals surface area contributed by atoms with E-state index in [4.69, 9.17) is 5.11 Å². The van der Waals surface area contributed by atoms with Gasteiger partial charge in [-0.05, 0) is 18.4 Å².